The molecule has 0 spiro atoms. The van der Waals surface area contributed by atoms with Crippen LogP contribution in [0.4, 0.5) is 26.3 Å². The summed E-state index contributed by atoms with van der Waals surface area (Å²) in [5, 5.41) is 0. The fourth-order valence-corrected chi connectivity index (χ4v) is 4.91. The molecule has 1 saturated heterocycles. The first-order valence-corrected chi connectivity index (χ1v) is 12.5. The lowest BCUT2D eigenvalue weighted by atomic mass is 9.96. The molecule has 1 aromatic heterocycles. The summed E-state index contributed by atoms with van der Waals surface area (Å²) in [6, 6.07) is 12.9. The third-order valence-electron chi connectivity index (χ3n) is 5.65. The number of morpholine rings is 1. The van der Waals surface area contributed by atoms with Crippen molar-refractivity contribution in [3.63, 3.8) is 0 Å². The maximum Gasteiger partial charge on any atom is 0.418 e. The fraction of sp³-hybridized carbons (Fsp3) is 0.259. The van der Waals surface area contributed by atoms with Crippen LogP contribution in [0.3, 0.4) is 0 Å². The van der Waals surface area contributed by atoms with E-state index in [1.807, 2.05) is 0 Å². The Hall–Kier alpha value is -3.51. The number of aromatic nitrogens is 1. The Balaban J connectivity index is 1.71. The minimum absolute atomic E-state index is 0.00125. The van der Waals surface area contributed by atoms with Gasteiger partial charge in [0, 0.05) is 42.0 Å². The van der Waals surface area contributed by atoms with E-state index in [0.717, 1.165) is 18.2 Å². The van der Waals surface area contributed by atoms with Gasteiger partial charge < -0.3 is 14.4 Å². The normalized spacial score (nSPS) is 14.6. The quantitative estimate of drug-likeness (QED) is 0.168. The van der Waals surface area contributed by atoms with Crippen LogP contribution >= 0.6 is 11.8 Å². The van der Waals surface area contributed by atoms with Crippen molar-refractivity contribution in [3.05, 3.63) is 95.5 Å². The number of carbonyl (C=O) groups excluding carboxylic acids is 1. The van der Waals surface area contributed by atoms with Gasteiger partial charge in [-0.3, -0.25) is 9.78 Å². The average Bonchev–Trinajstić information content (AvgIpc) is 2.91. The van der Waals surface area contributed by atoms with Crippen molar-refractivity contribution in [1.82, 2.24) is 9.88 Å². The SMILES string of the molecule is O=C(C=CN1CCOCC1)c1ccc(Sc2ccccc2OCc2ccccn2)c(C(F)(F)F)c1C(F)(F)F. The minimum Gasteiger partial charge on any atom is -0.486 e. The van der Waals surface area contributed by atoms with E-state index in [9.17, 15) is 31.1 Å². The van der Waals surface area contributed by atoms with Gasteiger partial charge in [-0.05, 0) is 36.4 Å². The number of allylic oxidation sites excluding steroid dienone is 1. The maximum atomic E-state index is 14.2. The predicted octanol–water partition coefficient (Wildman–Crippen LogP) is 6.88. The van der Waals surface area contributed by atoms with E-state index in [1.165, 1.54) is 24.4 Å². The Morgan fingerprint density at radius 3 is 2.28 bits per heavy atom. The predicted molar refractivity (Wildman–Crippen MR) is 131 cm³/mol. The van der Waals surface area contributed by atoms with Crippen LogP contribution in [0.2, 0.25) is 0 Å². The standard InChI is InChI=1S/C27H22F6N2O3S/c28-26(29,30)24-19(20(36)10-12-35-13-15-37-16-14-35)8-9-23(25(24)27(31,32)33)39-22-7-2-1-6-21(22)38-17-18-5-3-4-11-34-18/h1-12H,13-17H2. The van der Waals surface area contributed by atoms with Crippen molar-refractivity contribution in [2.45, 2.75) is 28.8 Å². The van der Waals surface area contributed by atoms with Gasteiger partial charge in [-0.15, -0.1) is 0 Å². The zero-order chi connectivity index (χ0) is 28.0. The number of benzene rings is 2. The Kier molecular flexibility index (Phi) is 8.86. The Bertz CT molecular complexity index is 1320. The Morgan fingerprint density at radius 1 is 0.923 bits per heavy atom. The van der Waals surface area contributed by atoms with Gasteiger partial charge >= 0.3 is 12.4 Å². The third-order valence-corrected chi connectivity index (χ3v) is 6.77. The topological polar surface area (TPSA) is 51.7 Å². The first-order chi connectivity index (χ1) is 18.5. The van der Waals surface area contributed by atoms with Crippen molar-refractivity contribution in [2.24, 2.45) is 0 Å². The Morgan fingerprint density at radius 2 is 1.62 bits per heavy atom. The van der Waals surface area contributed by atoms with Crippen molar-refractivity contribution in [3.8, 4) is 5.75 Å². The van der Waals surface area contributed by atoms with Gasteiger partial charge in [-0.25, -0.2) is 0 Å². The minimum atomic E-state index is -5.45. The summed E-state index contributed by atoms with van der Waals surface area (Å²) in [5.41, 5.74) is -4.47. The molecule has 1 aliphatic heterocycles. The van der Waals surface area contributed by atoms with E-state index < -0.39 is 39.7 Å². The van der Waals surface area contributed by atoms with Gasteiger partial charge in [0.15, 0.2) is 5.78 Å². The fourth-order valence-electron chi connectivity index (χ4n) is 3.85. The van der Waals surface area contributed by atoms with Gasteiger partial charge in [0.25, 0.3) is 0 Å². The second kappa shape index (κ2) is 12.1. The lowest BCUT2D eigenvalue weighted by molar-refractivity contribution is -0.163. The molecule has 0 radical (unpaired) electrons. The summed E-state index contributed by atoms with van der Waals surface area (Å²) < 4.78 is 96.0. The first-order valence-electron chi connectivity index (χ1n) is 11.7. The van der Waals surface area contributed by atoms with Crippen LogP contribution in [0, 0.1) is 0 Å². The highest BCUT2D eigenvalue weighted by molar-refractivity contribution is 7.99. The molecular formula is C27H22F6N2O3S. The van der Waals surface area contributed by atoms with E-state index in [0.29, 0.717) is 43.8 Å². The number of ether oxygens (including phenoxy) is 2. The second-order valence-electron chi connectivity index (χ2n) is 8.34. The molecule has 0 unspecified atom stereocenters. The van der Waals surface area contributed by atoms with Crippen LogP contribution in [-0.4, -0.2) is 42.0 Å². The number of alkyl halides is 6. The molecular weight excluding hydrogens is 546 g/mol. The zero-order valence-electron chi connectivity index (χ0n) is 20.3. The first kappa shape index (κ1) is 28.5. The summed E-state index contributed by atoms with van der Waals surface area (Å²) in [7, 11) is 0. The molecule has 0 amide bonds. The summed E-state index contributed by atoms with van der Waals surface area (Å²) in [6.45, 7) is 1.54. The zero-order valence-corrected chi connectivity index (χ0v) is 21.1. The summed E-state index contributed by atoms with van der Waals surface area (Å²) in [4.78, 5) is 17.9. The third kappa shape index (κ3) is 7.33. The molecule has 12 heteroatoms. The average molecular weight is 569 g/mol. The highest BCUT2D eigenvalue weighted by Gasteiger charge is 2.47. The summed E-state index contributed by atoms with van der Waals surface area (Å²) in [5.74, 6) is -1.02. The summed E-state index contributed by atoms with van der Waals surface area (Å²) >= 11 is 0.473. The molecule has 2 aromatic carbocycles. The molecule has 0 atom stereocenters. The van der Waals surface area contributed by atoms with Crippen LogP contribution in [0.25, 0.3) is 0 Å². The van der Waals surface area contributed by atoms with Crippen molar-refractivity contribution >= 4 is 17.5 Å². The van der Waals surface area contributed by atoms with Gasteiger partial charge in [-0.1, -0.05) is 30.0 Å². The van der Waals surface area contributed by atoms with Crippen molar-refractivity contribution in [2.75, 3.05) is 26.3 Å². The molecule has 3 aromatic rings. The highest BCUT2D eigenvalue weighted by Crippen LogP contribution is 2.49. The number of ketones is 1. The molecule has 206 valence electrons. The van der Waals surface area contributed by atoms with Gasteiger partial charge in [-0.2, -0.15) is 26.3 Å². The molecule has 4 rings (SSSR count). The van der Waals surface area contributed by atoms with Crippen LogP contribution in [0.15, 0.2) is 82.9 Å². The second-order valence-corrected chi connectivity index (χ2v) is 9.43. The lowest BCUT2D eigenvalue weighted by Crippen LogP contribution is -2.32. The number of halogens is 6. The molecule has 5 nitrogen and oxygen atoms in total. The lowest BCUT2D eigenvalue weighted by Gasteiger charge is -2.25. The molecule has 0 bridgehead atoms. The molecule has 2 heterocycles. The maximum absolute atomic E-state index is 14.2. The van der Waals surface area contributed by atoms with Crippen molar-refractivity contribution in [1.29, 1.82) is 0 Å². The van der Waals surface area contributed by atoms with Crippen LogP contribution in [0.5, 0.6) is 5.75 Å². The van der Waals surface area contributed by atoms with E-state index in [-0.39, 0.29) is 17.3 Å². The smallest absolute Gasteiger partial charge is 0.418 e. The largest absolute Gasteiger partial charge is 0.486 e. The summed E-state index contributed by atoms with van der Waals surface area (Å²) in [6.07, 6.45) is -7.18. The van der Waals surface area contributed by atoms with E-state index in [2.05, 4.69) is 4.98 Å². The van der Waals surface area contributed by atoms with Crippen LogP contribution < -0.4 is 4.74 Å². The van der Waals surface area contributed by atoms with E-state index in [1.54, 1.807) is 35.4 Å². The van der Waals surface area contributed by atoms with Crippen molar-refractivity contribution < 1.29 is 40.6 Å². The molecule has 0 N–H and O–H groups in total. The highest BCUT2D eigenvalue weighted by atomic mass is 32.2. The van der Waals surface area contributed by atoms with E-state index >= 15 is 0 Å². The molecule has 39 heavy (non-hydrogen) atoms. The molecule has 1 fully saturated rings. The number of hydrogen-bond donors (Lipinski definition) is 0. The molecule has 1 aliphatic rings. The number of para-hydroxylation sites is 1. The number of nitrogens with zero attached hydrogens (tertiary/aromatic N) is 2. The Labute approximate surface area is 224 Å². The van der Waals surface area contributed by atoms with E-state index in [4.69, 9.17) is 9.47 Å². The molecule has 0 aliphatic carbocycles. The number of hydrogen-bond acceptors (Lipinski definition) is 6. The number of carbonyl (C=O) groups is 1. The molecule has 0 saturated carbocycles. The van der Waals surface area contributed by atoms with Gasteiger partial charge in [0.2, 0.25) is 0 Å². The van der Waals surface area contributed by atoms with Gasteiger partial charge in [0.05, 0.1) is 34.9 Å². The number of pyridine rings is 1. The monoisotopic (exact) mass is 568 g/mol. The van der Waals surface area contributed by atoms with Gasteiger partial charge in [0.1, 0.15) is 12.4 Å². The number of rotatable bonds is 8. The van der Waals surface area contributed by atoms with Crippen LogP contribution in [0.1, 0.15) is 27.2 Å². The van der Waals surface area contributed by atoms with Crippen LogP contribution in [-0.2, 0) is 23.7 Å².